The monoisotopic (exact) mass is 457 g/mol. The molecule has 0 bridgehead atoms. The van der Waals surface area contributed by atoms with Crippen molar-refractivity contribution in [1.82, 2.24) is 24.6 Å². The van der Waals surface area contributed by atoms with Gasteiger partial charge in [-0.2, -0.15) is 0 Å². The van der Waals surface area contributed by atoms with Crippen LogP contribution in [0, 0.1) is 0 Å². The number of aromatic amines is 1. The molecule has 0 unspecified atom stereocenters. The highest BCUT2D eigenvalue weighted by Crippen LogP contribution is 2.24. The number of fused-ring (bicyclic) bond motifs is 1. The highest BCUT2D eigenvalue weighted by molar-refractivity contribution is 7.99. The van der Waals surface area contributed by atoms with Gasteiger partial charge in [0.05, 0.1) is 5.69 Å². The smallest absolute Gasteiger partial charge is 0.193 e. The largest absolute Gasteiger partial charge is 0.359 e. The number of hydrogen-bond donors (Lipinski definition) is 1. The Kier molecular flexibility index (Phi) is 6.41. The summed E-state index contributed by atoms with van der Waals surface area (Å²) in [6, 6.07) is 19.7. The summed E-state index contributed by atoms with van der Waals surface area (Å²) in [4.78, 5) is 18.5. The van der Waals surface area contributed by atoms with Gasteiger partial charge in [-0.25, -0.2) is 0 Å². The Morgan fingerprint density at radius 3 is 2.73 bits per heavy atom. The predicted octanol–water partition coefficient (Wildman–Crippen LogP) is 4.58. The van der Waals surface area contributed by atoms with Crippen LogP contribution in [0.1, 0.15) is 33.5 Å². The van der Waals surface area contributed by atoms with E-state index in [2.05, 4.69) is 32.2 Å². The topological polar surface area (TPSA) is 66.8 Å². The first-order chi connectivity index (χ1) is 16.2. The highest BCUT2D eigenvalue weighted by Gasteiger charge is 2.19. The summed E-state index contributed by atoms with van der Waals surface area (Å²) in [6.45, 7) is 2.99. The lowest BCUT2D eigenvalue weighted by atomic mass is 9.94. The van der Waals surface area contributed by atoms with Crippen LogP contribution < -0.4 is 0 Å². The van der Waals surface area contributed by atoms with Crippen molar-refractivity contribution in [2.24, 2.45) is 7.05 Å². The summed E-state index contributed by atoms with van der Waals surface area (Å²) in [5.74, 6) is 1.94. The Morgan fingerprint density at radius 2 is 1.91 bits per heavy atom. The standard InChI is InChI=1S/C26H27N5OS/c1-30-25(23-9-5-13-27-23)28-29-26(30)33-16-6-14-31-15-12-19-10-11-21(17-22(19)18-31)24(32)20-7-3-2-4-8-20/h2-5,7-11,13,17,27H,6,12,14-16,18H2,1H3. The molecule has 168 valence electrons. The zero-order valence-electron chi connectivity index (χ0n) is 18.7. The van der Waals surface area contributed by atoms with Crippen molar-refractivity contribution in [1.29, 1.82) is 0 Å². The van der Waals surface area contributed by atoms with E-state index in [0.717, 1.165) is 66.0 Å². The number of carbonyl (C=O) groups is 1. The van der Waals surface area contributed by atoms with E-state index in [1.165, 1.54) is 11.1 Å². The zero-order chi connectivity index (χ0) is 22.6. The molecule has 0 amide bonds. The fraction of sp³-hybridized carbons (Fsp3) is 0.269. The molecule has 0 spiro atoms. The lowest BCUT2D eigenvalue weighted by Crippen LogP contribution is -2.31. The number of nitrogens with one attached hydrogen (secondary N) is 1. The molecule has 33 heavy (non-hydrogen) atoms. The van der Waals surface area contributed by atoms with Crippen molar-refractivity contribution in [3.63, 3.8) is 0 Å². The quantitative estimate of drug-likeness (QED) is 0.238. The van der Waals surface area contributed by atoms with Gasteiger partial charge in [0.25, 0.3) is 0 Å². The maximum atomic E-state index is 12.8. The normalized spacial score (nSPS) is 13.7. The Hall–Kier alpha value is -3.16. The van der Waals surface area contributed by atoms with Crippen LogP contribution in [0.5, 0.6) is 0 Å². The van der Waals surface area contributed by atoms with E-state index in [0.29, 0.717) is 0 Å². The van der Waals surface area contributed by atoms with Gasteiger partial charge in [-0.3, -0.25) is 9.69 Å². The summed E-state index contributed by atoms with van der Waals surface area (Å²) in [6.07, 6.45) is 4.01. The number of carbonyl (C=O) groups excluding carboxylic acids is 1. The summed E-state index contributed by atoms with van der Waals surface area (Å²) >= 11 is 1.75. The second-order valence-corrected chi connectivity index (χ2v) is 9.42. The van der Waals surface area contributed by atoms with E-state index in [9.17, 15) is 4.79 Å². The molecule has 2 aromatic heterocycles. The lowest BCUT2D eigenvalue weighted by molar-refractivity contribution is 0.103. The van der Waals surface area contributed by atoms with Crippen molar-refractivity contribution < 1.29 is 4.79 Å². The third-order valence-corrected chi connectivity index (χ3v) is 7.23. The number of aromatic nitrogens is 4. The Balaban J connectivity index is 1.15. The number of nitrogens with zero attached hydrogens (tertiary/aromatic N) is 4. The number of rotatable bonds is 8. The molecule has 5 rings (SSSR count). The Morgan fingerprint density at radius 1 is 1.03 bits per heavy atom. The number of thioether (sulfide) groups is 1. The van der Waals surface area contributed by atoms with Crippen molar-refractivity contribution in [2.75, 3.05) is 18.8 Å². The van der Waals surface area contributed by atoms with Crippen LogP contribution in [0.2, 0.25) is 0 Å². The number of H-pyrrole nitrogens is 1. The average Bonchev–Trinajstić information content (AvgIpc) is 3.51. The molecule has 0 aliphatic carbocycles. The van der Waals surface area contributed by atoms with E-state index in [-0.39, 0.29) is 5.78 Å². The second kappa shape index (κ2) is 9.77. The van der Waals surface area contributed by atoms with Crippen LogP contribution in [0.25, 0.3) is 11.5 Å². The van der Waals surface area contributed by atoms with Crippen molar-refractivity contribution in [3.05, 3.63) is 89.1 Å². The average molecular weight is 458 g/mol. The van der Waals surface area contributed by atoms with Crippen molar-refractivity contribution >= 4 is 17.5 Å². The minimum atomic E-state index is 0.0920. The van der Waals surface area contributed by atoms with Crippen LogP contribution in [0.3, 0.4) is 0 Å². The van der Waals surface area contributed by atoms with Crippen LogP contribution in [-0.4, -0.2) is 49.3 Å². The molecule has 0 saturated carbocycles. The molecule has 0 radical (unpaired) electrons. The number of hydrogen-bond acceptors (Lipinski definition) is 5. The molecular formula is C26H27N5OS. The van der Waals surface area contributed by atoms with Gasteiger partial charge in [0.1, 0.15) is 0 Å². The number of ketones is 1. The minimum Gasteiger partial charge on any atom is -0.359 e. The first kappa shape index (κ1) is 21.7. The molecule has 0 fully saturated rings. The Labute approximate surface area is 198 Å². The van der Waals surface area contributed by atoms with Gasteiger partial charge in [0.15, 0.2) is 16.8 Å². The van der Waals surface area contributed by atoms with Gasteiger partial charge in [0, 0.05) is 43.2 Å². The first-order valence-corrected chi connectivity index (χ1v) is 12.3. The SMILES string of the molecule is Cn1c(SCCCN2CCc3ccc(C(=O)c4ccccc4)cc3C2)nnc1-c1ccc[nH]1. The zero-order valence-corrected chi connectivity index (χ0v) is 19.5. The minimum absolute atomic E-state index is 0.0920. The fourth-order valence-corrected chi connectivity index (χ4v) is 5.13. The molecule has 3 heterocycles. The molecule has 4 aromatic rings. The van der Waals surface area contributed by atoms with E-state index in [4.69, 9.17) is 0 Å². The molecule has 0 atom stereocenters. The lowest BCUT2D eigenvalue weighted by Gasteiger charge is -2.29. The van der Waals surface area contributed by atoms with Crippen molar-refractivity contribution in [3.8, 4) is 11.5 Å². The molecule has 6 nitrogen and oxygen atoms in total. The molecule has 2 aromatic carbocycles. The van der Waals surface area contributed by atoms with Crippen LogP contribution in [-0.2, 0) is 20.0 Å². The highest BCUT2D eigenvalue weighted by atomic mass is 32.2. The fourth-order valence-electron chi connectivity index (χ4n) is 4.30. The summed E-state index contributed by atoms with van der Waals surface area (Å²) in [5.41, 5.74) is 5.14. The summed E-state index contributed by atoms with van der Waals surface area (Å²) in [7, 11) is 2.01. The maximum absolute atomic E-state index is 12.8. The third kappa shape index (κ3) is 4.79. The van der Waals surface area contributed by atoms with Gasteiger partial charge < -0.3 is 9.55 Å². The summed E-state index contributed by atoms with van der Waals surface area (Å²) < 4.78 is 2.04. The predicted molar refractivity (Wildman–Crippen MR) is 131 cm³/mol. The van der Waals surface area contributed by atoms with Crippen molar-refractivity contribution in [2.45, 2.75) is 24.5 Å². The summed E-state index contributed by atoms with van der Waals surface area (Å²) in [5, 5.41) is 9.60. The van der Waals surface area contributed by atoms with E-state index in [1.807, 2.05) is 66.3 Å². The second-order valence-electron chi connectivity index (χ2n) is 8.36. The van der Waals surface area contributed by atoms with Gasteiger partial charge in [-0.1, -0.05) is 54.2 Å². The molecule has 7 heteroatoms. The van der Waals surface area contributed by atoms with Crippen LogP contribution in [0.15, 0.2) is 72.0 Å². The Bertz CT molecular complexity index is 1230. The van der Waals surface area contributed by atoms with Gasteiger partial charge >= 0.3 is 0 Å². The van der Waals surface area contributed by atoms with E-state index < -0.39 is 0 Å². The molecular weight excluding hydrogens is 430 g/mol. The van der Waals surface area contributed by atoms with Gasteiger partial charge in [0.2, 0.25) is 0 Å². The molecule has 0 saturated heterocycles. The van der Waals surface area contributed by atoms with E-state index >= 15 is 0 Å². The van der Waals surface area contributed by atoms with Crippen LogP contribution >= 0.6 is 11.8 Å². The third-order valence-electron chi connectivity index (χ3n) is 6.12. The van der Waals surface area contributed by atoms with Gasteiger partial charge in [-0.15, -0.1) is 10.2 Å². The number of benzene rings is 2. The molecule has 1 N–H and O–H groups in total. The maximum Gasteiger partial charge on any atom is 0.193 e. The molecule has 1 aliphatic rings. The van der Waals surface area contributed by atoms with Gasteiger partial charge in [-0.05, 0) is 48.7 Å². The van der Waals surface area contributed by atoms with Crippen LogP contribution in [0.4, 0.5) is 0 Å². The molecule has 1 aliphatic heterocycles. The van der Waals surface area contributed by atoms with E-state index in [1.54, 1.807) is 11.8 Å². The first-order valence-electron chi connectivity index (χ1n) is 11.3.